The summed E-state index contributed by atoms with van der Waals surface area (Å²) in [5, 5.41) is 9.15. The van der Waals surface area contributed by atoms with Crippen molar-refractivity contribution in [3.05, 3.63) is 0 Å². The summed E-state index contributed by atoms with van der Waals surface area (Å²) in [6.07, 6.45) is 3.70. The highest BCUT2D eigenvalue weighted by Gasteiger charge is 2.35. The molecule has 0 saturated carbocycles. The van der Waals surface area contributed by atoms with Crippen LogP contribution in [0.3, 0.4) is 0 Å². The lowest BCUT2D eigenvalue weighted by atomic mass is 9.92. The number of rotatable bonds is 4. The van der Waals surface area contributed by atoms with Gasteiger partial charge in [0.05, 0.1) is 18.7 Å². The van der Waals surface area contributed by atoms with E-state index in [2.05, 4.69) is 11.0 Å². The SMILES string of the molecule is CN(CCC1CCN([C@@H]2CCO[C@@H]2C#N)CC1)C(=O)OC(C)(C)C. The molecule has 2 atom stereocenters. The number of hydrogen-bond donors (Lipinski definition) is 0. The maximum Gasteiger partial charge on any atom is 0.410 e. The molecule has 0 unspecified atom stereocenters. The number of hydrogen-bond acceptors (Lipinski definition) is 5. The number of piperidine rings is 1. The van der Waals surface area contributed by atoms with Gasteiger partial charge in [0.25, 0.3) is 0 Å². The lowest BCUT2D eigenvalue weighted by Gasteiger charge is -2.36. The van der Waals surface area contributed by atoms with Gasteiger partial charge in [-0.1, -0.05) is 0 Å². The van der Waals surface area contributed by atoms with Gasteiger partial charge in [0, 0.05) is 13.6 Å². The second-order valence-corrected chi connectivity index (χ2v) is 7.95. The molecule has 24 heavy (non-hydrogen) atoms. The summed E-state index contributed by atoms with van der Waals surface area (Å²) >= 11 is 0. The molecule has 2 heterocycles. The van der Waals surface area contributed by atoms with E-state index in [4.69, 9.17) is 14.7 Å². The van der Waals surface area contributed by atoms with Crippen molar-refractivity contribution < 1.29 is 14.3 Å². The van der Waals surface area contributed by atoms with Crippen LogP contribution in [0.25, 0.3) is 0 Å². The fourth-order valence-electron chi connectivity index (χ4n) is 3.46. The number of amides is 1. The number of ether oxygens (including phenoxy) is 2. The standard InChI is InChI=1S/C18H31N3O3/c1-18(2,3)24-17(22)20(4)9-5-14-6-10-21(11-7-14)15-8-12-23-16(15)13-19/h14-16H,5-12H2,1-4H3/t15-,16-/m1/s1. The van der Waals surface area contributed by atoms with Crippen LogP contribution in [0, 0.1) is 17.2 Å². The zero-order valence-corrected chi connectivity index (χ0v) is 15.5. The molecule has 0 aliphatic carbocycles. The van der Waals surface area contributed by atoms with Crippen LogP contribution in [0.15, 0.2) is 0 Å². The molecule has 1 amide bonds. The molecule has 0 radical (unpaired) electrons. The Balaban J connectivity index is 1.70. The van der Waals surface area contributed by atoms with Gasteiger partial charge in [0.2, 0.25) is 0 Å². The van der Waals surface area contributed by atoms with Gasteiger partial charge in [-0.2, -0.15) is 5.26 Å². The first kappa shape index (κ1) is 19.0. The molecular formula is C18H31N3O3. The minimum Gasteiger partial charge on any atom is -0.444 e. The van der Waals surface area contributed by atoms with E-state index in [0.29, 0.717) is 12.5 Å². The van der Waals surface area contributed by atoms with Gasteiger partial charge in [-0.05, 0) is 65.5 Å². The van der Waals surface area contributed by atoms with Crippen LogP contribution >= 0.6 is 0 Å². The van der Waals surface area contributed by atoms with Crippen LogP contribution in [0.5, 0.6) is 0 Å². The molecule has 0 aromatic rings. The molecule has 2 fully saturated rings. The average Bonchev–Trinajstić information content (AvgIpc) is 3.00. The molecular weight excluding hydrogens is 306 g/mol. The van der Waals surface area contributed by atoms with Gasteiger partial charge < -0.3 is 14.4 Å². The molecule has 0 aromatic carbocycles. The molecule has 0 aromatic heterocycles. The zero-order chi connectivity index (χ0) is 17.7. The summed E-state index contributed by atoms with van der Waals surface area (Å²) in [6.45, 7) is 9.12. The van der Waals surface area contributed by atoms with Gasteiger partial charge in [0.1, 0.15) is 5.60 Å². The van der Waals surface area contributed by atoms with Crippen LogP contribution in [0.2, 0.25) is 0 Å². The zero-order valence-electron chi connectivity index (χ0n) is 15.5. The maximum atomic E-state index is 12.0. The Bertz CT molecular complexity index is 461. The summed E-state index contributed by atoms with van der Waals surface area (Å²) in [5.41, 5.74) is -0.447. The van der Waals surface area contributed by atoms with Crippen LogP contribution in [-0.2, 0) is 9.47 Å². The molecule has 2 aliphatic rings. The number of carbonyl (C=O) groups is 1. The Morgan fingerprint density at radius 2 is 2.00 bits per heavy atom. The predicted octanol–water partition coefficient (Wildman–Crippen LogP) is 2.64. The van der Waals surface area contributed by atoms with Gasteiger partial charge in [-0.15, -0.1) is 0 Å². The Labute approximate surface area is 145 Å². The van der Waals surface area contributed by atoms with Crippen molar-refractivity contribution in [2.45, 2.75) is 64.2 Å². The first-order valence-electron chi connectivity index (χ1n) is 8.99. The van der Waals surface area contributed by atoms with E-state index >= 15 is 0 Å². The fraction of sp³-hybridized carbons (Fsp3) is 0.889. The van der Waals surface area contributed by atoms with Crippen LogP contribution in [0.4, 0.5) is 4.79 Å². The summed E-state index contributed by atoms with van der Waals surface area (Å²) in [5.74, 6) is 0.633. The first-order chi connectivity index (χ1) is 11.3. The number of nitriles is 1. The molecule has 2 saturated heterocycles. The molecule has 136 valence electrons. The molecule has 6 heteroatoms. The molecule has 2 rings (SSSR count). The smallest absolute Gasteiger partial charge is 0.410 e. The van der Waals surface area contributed by atoms with Crippen molar-refractivity contribution in [2.75, 3.05) is 33.3 Å². The quantitative estimate of drug-likeness (QED) is 0.789. The molecule has 0 N–H and O–H groups in total. The van der Waals surface area contributed by atoms with E-state index in [-0.39, 0.29) is 18.2 Å². The monoisotopic (exact) mass is 337 g/mol. The second kappa shape index (κ2) is 8.17. The molecule has 0 bridgehead atoms. The summed E-state index contributed by atoms with van der Waals surface area (Å²) in [7, 11) is 1.80. The number of nitrogens with zero attached hydrogens (tertiary/aromatic N) is 3. The highest BCUT2D eigenvalue weighted by molar-refractivity contribution is 5.67. The van der Waals surface area contributed by atoms with Gasteiger partial charge in [-0.3, -0.25) is 4.90 Å². The Hall–Kier alpha value is -1.32. The van der Waals surface area contributed by atoms with E-state index in [1.165, 1.54) is 0 Å². The topological polar surface area (TPSA) is 65.8 Å². The van der Waals surface area contributed by atoms with Gasteiger partial charge in [0.15, 0.2) is 6.10 Å². The highest BCUT2D eigenvalue weighted by atomic mass is 16.6. The van der Waals surface area contributed by atoms with E-state index in [1.54, 1.807) is 11.9 Å². The minimum atomic E-state index is -0.447. The van der Waals surface area contributed by atoms with E-state index in [9.17, 15) is 4.79 Å². The van der Waals surface area contributed by atoms with Crippen molar-refractivity contribution in [1.29, 1.82) is 5.26 Å². The van der Waals surface area contributed by atoms with E-state index in [0.717, 1.165) is 45.3 Å². The molecule has 0 spiro atoms. The highest BCUT2D eigenvalue weighted by Crippen LogP contribution is 2.27. The summed E-state index contributed by atoms with van der Waals surface area (Å²) in [6, 6.07) is 2.54. The minimum absolute atomic E-state index is 0.250. The maximum absolute atomic E-state index is 12.0. The van der Waals surface area contributed by atoms with E-state index < -0.39 is 5.60 Å². The van der Waals surface area contributed by atoms with Crippen molar-refractivity contribution >= 4 is 6.09 Å². The van der Waals surface area contributed by atoms with Gasteiger partial charge in [-0.25, -0.2) is 4.79 Å². The Morgan fingerprint density at radius 3 is 2.58 bits per heavy atom. The third kappa shape index (κ3) is 5.35. The number of carbonyl (C=O) groups excluding carboxylic acids is 1. The molecule has 2 aliphatic heterocycles. The predicted molar refractivity (Wildman–Crippen MR) is 91.5 cm³/mol. The van der Waals surface area contributed by atoms with E-state index in [1.807, 2.05) is 20.8 Å². The van der Waals surface area contributed by atoms with Crippen LogP contribution in [0.1, 0.15) is 46.5 Å². The summed E-state index contributed by atoms with van der Waals surface area (Å²) < 4.78 is 10.9. The second-order valence-electron chi connectivity index (χ2n) is 7.95. The van der Waals surface area contributed by atoms with Crippen LogP contribution in [-0.4, -0.2) is 66.9 Å². The third-order valence-corrected chi connectivity index (χ3v) is 4.88. The Morgan fingerprint density at radius 1 is 1.33 bits per heavy atom. The van der Waals surface area contributed by atoms with Crippen molar-refractivity contribution in [3.63, 3.8) is 0 Å². The Kier molecular flexibility index (Phi) is 6.47. The lowest BCUT2D eigenvalue weighted by Crippen LogP contribution is -2.45. The van der Waals surface area contributed by atoms with Crippen molar-refractivity contribution in [1.82, 2.24) is 9.80 Å². The van der Waals surface area contributed by atoms with Crippen molar-refractivity contribution in [3.8, 4) is 6.07 Å². The average molecular weight is 337 g/mol. The first-order valence-corrected chi connectivity index (χ1v) is 8.99. The lowest BCUT2D eigenvalue weighted by molar-refractivity contribution is 0.0278. The number of likely N-dealkylation sites (tertiary alicyclic amines) is 1. The van der Waals surface area contributed by atoms with Crippen molar-refractivity contribution in [2.24, 2.45) is 5.92 Å². The van der Waals surface area contributed by atoms with Gasteiger partial charge >= 0.3 is 6.09 Å². The fourth-order valence-corrected chi connectivity index (χ4v) is 3.46. The summed E-state index contributed by atoms with van der Waals surface area (Å²) in [4.78, 5) is 16.1. The van der Waals surface area contributed by atoms with Crippen LogP contribution < -0.4 is 0 Å². The molecule has 6 nitrogen and oxygen atoms in total. The normalized spacial score (nSPS) is 26.1. The largest absolute Gasteiger partial charge is 0.444 e. The third-order valence-electron chi connectivity index (χ3n) is 4.88.